The van der Waals surface area contributed by atoms with Crippen molar-refractivity contribution in [3.05, 3.63) is 35.4 Å². The zero-order valence-electron chi connectivity index (χ0n) is 61.5. The summed E-state index contributed by atoms with van der Waals surface area (Å²) in [6, 6.07) is 6.01. The highest BCUT2D eigenvalue weighted by Crippen LogP contribution is 2.21. The van der Waals surface area contributed by atoms with Crippen molar-refractivity contribution < 1.29 is 123 Å². The number of carbonyl (C=O) groups excluding carboxylic acids is 2. The first-order valence-electron chi connectivity index (χ1n) is 34.1. The minimum atomic E-state index is -1.12. The monoisotopic (exact) mass is 1360 g/mol. The van der Waals surface area contributed by atoms with Gasteiger partial charge in [0.25, 0.3) is 0 Å². The maximum absolute atomic E-state index is 13.4. The van der Waals surface area contributed by atoms with Gasteiger partial charge in [-0.3, -0.25) is 0 Å². The molecule has 0 fully saturated rings. The standard InChI is InChI=1S/C68H126O26/c1-25-29-33-63(27-3)41-71-37-39-73-43(5)75-45(7)77-47(9)79-49(11)81-51(13)83-53(15)85-55(17)87-57(19)89-59(21)91-61(23)93-67(69)65-35-31-32-36-66(65)68(70)94-62(24)92-60(22)90-58(20)88-56(18)86-54(16)84-52(14)82-50(12)80-48(10)78-46(8)76-44(6)74-40-38-72-42-64(28-4)34-30-26-2/h31-32,35-36,43-64H,25-30,33-34,37-42H2,1-24H3. The molecule has 0 amide bonds. The number of benzene rings is 1. The van der Waals surface area contributed by atoms with Gasteiger partial charge in [0, 0.05) is 13.2 Å². The van der Waals surface area contributed by atoms with Crippen molar-refractivity contribution in [2.24, 2.45) is 11.8 Å². The van der Waals surface area contributed by atoms with E-state index in [0.717, 1.165) is 26.1 Å². The van der Waals surface area contributed by atoms with E-state index in [-0.39, 0.29) is 11.1 Å². The largest absolute Gasteiger partial charge is 0.432 e. The Kier molecular flexibility index (Phi) is 49.7. The number of carbonyl (C=O) groups is 2. The molecule has 0 saturated carbocycles. The molecule has 0 aliphatic rings. The van der Waals surface area contributed by atoms with Crippen LogP contribution in [-0.4, -0.2) is 177 Å². The van der Waals surface area contributed by atoms with Crippen molar-refractivity contribution in [3.63, 3.8) is 0 Å². The first-order chi connectivity index (χ1) is 44.4. The summed E-state index contributed by atoms with van der Waals surface area (Å²) in [4.78, 5) is 26.8. The number of ether oxygens (including phenoxy) is 24. The van der Waals surface area contributed by atoms with E-state index in [4.69, 9.17) is 114 Å². The Labute approximate surface area is 563 Å². The number of hydrogen-bond acceptors (Lipinski definition) is 26. The van der Waals surface area contributed by atoms with Gasteiger partial charge in [-0.05, 0) is 175 Å². The second-order valence-electron chi connectivity index (χ2n) is 22.9. The van der Waals surface area contributed by atoms with E-state index in [1.807, 2.05) is 0 Å². The summed E-state index contributed by atoms with van der Waals surface area (Å²) in [5.74, 6) is -0.552. The van der Waals surface area contributed by atoms with Gasteiger partial charge in [0.15, 0.2) is 113 Å². The minimum Gasteiger partial charge on any atom is -0.432 e. The highest BCUT2D eigenvalue weighted by atomic mass is 16.9. The first-order valence-corrected chi connectivity index (χ1v) is 34.1. The molecule has 0 aliphatic heterocycles. The maximum atomic E-state index is 13.4. The zero-order valence-corrected chi connectivity index (χ0v) is 61.5. The number of esters is 2. The predicted octanol–water partition coefficient (Wildman–Crippen LogP) is 13.7. The lowest BCUT2D eigenvalue weighted by molar-refractivity contribution is -0.352. The minimum absolute atomic E-state index is 0.0693. The van der Waals surface area contributed by atoms with Crippen LogP contribution in [-0.2, 0) is 114 Å². The Morgan fingerprint density at radius 2 is 0.489 bits per heavy atom. The van der Waals surface area contributed by atoms with Gasteiger partial charge in [-0.15, -0.1) is 0 Å². The molecule has 0 aliphatic carbocycles. The molecule has 0 saturated heterocycles. The van der Waals surface area contributed by atoms with Crippen LogP contribution < -0.4 is 0 Å². The van der Waals surface area contributed by atoms with Gasteiger partial charge in [0.2, 0.25) is 12.6 Å². The molecule has 26 heteroatoms. The highest BCUT2D eigenvalue weighted by molar-refractivity contribution is 6.03. The number of rotatable bonds is 60. The molecule has 1 rings (SSSR count). The van der Waals surface area contributed by atoms with Crippen LogP contribution in [0.25, 0.3) is 0 Å². The molecule has 22 atom stereocenters. The molecule has 0 aromatic heterocycles. The summed E-state index contributed by atoms with van der Waals surface area (Å²) in [5, 5.41) is 0. The third-order valence-electron chi connectivity index (χ3n) is 13.8. The summed E-state index contributed by atoms with van der Waals surface area (Å²) in [7, 11) is 0. The van der Waals surface area contributed by atoms with Gasteiger partial charge < -0.3 is 114 Å². The van der Waals surface area contributed by atoms with Crippen LogP contribution in [0.15, 0.2) is 24.3 Å². The van der Waals surface area contributed by atoms with Crippen LogP contribution in [0.2, 0.25) is 0 Å². The van der Waals surface area contributed by atoms with E-state index >= 15 is 0 Å². The third kappa shape index (κ3) is 45.0. The Morgan fingerprint density at radius 1 is 0.287 bits per heavy atom. The molecule has 94 heavy (non-hydrogen) atoms. The normalized spacial score (nSPS) is 19.3. The van der Waals surface area contributed by atoms with Crippen molar-refractivity contribution in [3.8, 4) is 0 Å². The van der Waals surface area contributed by atoms with Gasteiger partial charge in [0.05, 0.1) is 37.6 Å². The Balaban J connectivity index is 2.44. The van der Waals surface area contributed by atoms with Crippen molar-refractivity contribution in [1.29, 1.82) is 0 Å². The summed E-state index contributed by atoms with van der Waals surface area (Å²) in [6.07, 6.45) is -5.92. The van der Waals surface area contributed by atoms with Gasteiger partial charge in [-0.2, -0.15) is 0 Å². The first kappa shape index (κ1) is 89.3. The van der Waals surface area contributed by atoms with Crippen LogP contribution in [0.3, 0.4) is 0 Å². The van der Waals surface area contributed by atoms with E-state index in [0.29, 0.717) is 38.3 Å². The van der Waals surface area contributed by atoms with Crippen LogP contribution in [0.4, 0.5) is 0 Å². The lowest BCUT2D eigenvalue weighted by atomic mass is 10.0. The topological polar surface area (TPSA) is 256 Å². The van der Waals surface area contributed by atoms with E-state index in [9.17, 15) is 9.59 Å². The Morgan fingerprint density at radius 3 is 0.691 bits per heavy atom. The lowest BCUT2D eigenvalue weighted by Crippen LogP contribution is -2.34. The maximum Gasteiger partial charge on any atom is 0.341 e. The average molecular weight is 1360 g/mol. The fourth-order valence-electron chi connectivity index (χ4n) is 9.61. The fourth-order valence-corrected chi connectivity index (χ4v) is 9.61. The van der Waals surface area contributed by atoms with Crippen LogP contribution in [0.5, 0.6) is 0 Å². The van der Waals surface area contributed by atoms with E-state index in [1.54, 1.807) is 137 Å². The molecule has 0 heterocycles. The second-order valence-corrected chi connectivity index (χ2v) is 22.9. The lowest BCUT2D eigenvalue weighted by Gasteiger charge is -2.29. The van der Waals surface area contributed by atoms with Crippen molar-refractivity contribution >= 4 is 11.9 Å². The molecule has 0 radical (unpaired) electrons. The third-order valence-corrected chi connectivity index (χ3v) is 13.8. The summed E-state index contributed by atoms with van der Waals surface area (Å²) < 4.78 is 139. The summed E-state index contributed by atoms with van der Waals surface area (Å²) in [6.45, 7) is 45.8. The van der Waals surface area contributed by atoms with Gasteiger partial charge in [0.1, 0.15) is 0 Å². The van der Waals surface area contributed by atoms with E-state index < -0.39 is 138 Å². The second kappa shape index (κ2) is 52.3. The molecule has 0 spiro atoms. The van der Waals surface area contributed by atoms with Crippen LogP contribution >= 0.6 is 0 Å². The molecule has 26 nitrogen and oxygen atoms in total. The fraction of sp³-hybridized carbons (Fsp3) is 0.882. The number of unbranched alkanes of at least 4 members (excludes halogenated alkanes) is 2. The number of hydrogen-bond donors (Lipinski definition) is 0. The summed E-state index contributed by atoms with van der Waals surface area (Å²) >= 11 is 0. The molecule has 0 N–H and O–H groups in total. The van der Waals surface area contributed by atoms with Crippen molar-refractivity contribution in [2.75, 3.05) is 39.6 Å². The van der Waals surface area contributed by atoms with Crippen LogP contribution in [0, 0.1) is 11.8 Å². The predicted molar refractivity (Wildman–Crippen MR) is 346 cm³/mol. The van der Waals surface area contributed by atoms with Gasteiger partial charge in [-0.25, -0.2) is 9.59 Å². The molecule has 1 aromatic rings. The van der Waals surface area contributed by atoms with Crippen molar-refractivity contribution in [1.82, 2.24) is 0 Å². The SMILES string of the molecule is CCCCC(CC)COCCOC(C)OC(C)OC(C)OC(C)OC(C)OC(C)OC(C)OC(C)OC(C)OC(C)OC(=O)c1ccccc1C(=O)OC(C)OC(C)OC(C)OC(C)OC(C)OC(C)OC(C)OC(C)OC(C)OC(C)OCCOCC(CC)CCCC. The molecule has 0 bridgehead atoms. The smallest absolute Gasteiger partial charge is 0.341 e. The average Bonchev–Trinajstić information content (AvgIpc) is 0.881. The summed E-state index contributed by atoms with van der Waals surface area (Å²) in [5.41, 5.74) is -0.139. The van der Waals surface area contributed by atoms with E-state index in [2.05, 4.69) is 27.7 Å². The van der Waals surface area contributed by atoms with Gasteiger partial charge in [-0.1, -0.05) is 78.4 Å². The van der Waals surface area contributed by atoms with Gasteiger partial charge >= 0.3 is 11.9 Å². The molecule has 1 aromatic carbocycles. The van der Waals surface area contributed by atoms with E-state index in [1.165, 1.54) is 64.5 Å². The molecule has 22 unspecified atom stereocenters. The molecular weight excluding hydrogens is 1230 g/mol. The van der Waals surface area contributed by atoms with Crippen molar-refractivity contribution in [2.45, 2.75) is 343 Å². The molecular formula is C68H126O26. The van der Waals surface area contributed by atoms with Crippen LogP contribution in [0.1, 0.15) is 238 Å². The Bertz CT molecular complexity index is 1880. The molecule has 554 valence electrons. The quantitative estimate of drug-likeness (QED) is 0.0333. The highest BCUT2D eigenvalue weighted by Gasteiger charge is 2.28. The Hall–Kier alpha value is -2.72. The zero-order chi connectivity index (χ0) is 70.7.